The minimum Gasteiger partial charge on any atom is -0.464 e. The number of esters is 3. The standard InChI is InChI=1S/C26H32O8/c1-13-17-9-11-31-19(17)12-18-21(13)22(33-15(3)28)23(34-16(4)29)26(30)24(5,6)10-8-20(25(18,26)7)32-14(2)27/h9,11-12,20,22-23,30H,8,10H2,1-7H3. The first-order valence-electron chi connectivity index (χ1n) is 11.5. The molecule has 34 heavy (non-hydrogen) atoms. The third kappa shape index (κ3) is 3.18. The first-order valence-corrected chi connectivity index (χ1v) is 11.5. The maximum absolute atomic E-state index is 12.7. The molecule has 2 aliphatic rings. The third-order valence-electron chi connectivity index (χ3n) is 7.99. The molecule has 0 bridgehead atoms. The van der Waals surface area contributed by atoms with Gasteiger partial charge in [-0.1, -0.05) is 13.8 Å². The number of hydrogen-bond donors (Lipinski definition) is 1. The minimum absolute atomic E-state index is 0.475. The van der Waals surface area contributed by atoms with Crippen LogP contribution in [0.1, 0.15) is 77.2 Å². The van der Waals surface area contributed by atoms with Gasteiger partial charge < -0.3 is 23.7 Å². The molecule has 4 rings (SSSR count). The Balaban J connectivity index is 2.15. The van der Waals surface area contributed by atoms with E-state index in [-0.39, 0.29) is 0 Å². The predicted octanol–water partition coefficient (Wildman–Crippen LogP) is 4.03. The van der Waals surface area contributed by atoms with Crippen LogP contribution < -0.4 is 0 Å². The van der Waals surface area contributed by atoms with Crippen molar-refractivity contribution in [2.24, 2.45) is 5.41 Å². The summed E-state index contributed by atoms with van der Waals surface area (Å²) in [5.74, 6) is -1.66. The molecule has 1 heterocycles. The summed E-state index contributed by atoms with van der Waals surface area (Å²) >= 11 is 0. The molecular formula is C26H32O8. The Morgan fingerprint density at radius 2 is 1.65 bits per heavy atom. The highest BCUT2D eigenvalue weighted by Gasteiger charge is 2.73. The van der Waals surface area contributed by atoms with Crippen LogP contribution in [-0.2, 0) is 34.0 Å². The lowest BCUT2D eigenvalue weighted by molar-refractivity contribution is -0.274. The van der Waals surface area contributed by atoms with Gasteiger partial charge in [0.2, 0.25) is 0 Å². The number of furan rings is 1. The fraction of sp³-hybridized carbons (Fsp3) is 0.577. The van der Waals surface area contributed by atoms with Crippen molar-refractivity contribution in [3.63, 3.8) is 0 Å². The largest absolute Gasteiger partial charge is 0.464 e. The van der Waals surface area contributed by atoms with Gasteiger partial charge in [-0.05, 0) is 55.4 Å². The average Bonchev–Trinajstić information content (AvgIpc) is 3.19. The molecule has 5 atom stereocenters. The Morgan fingerprint density at radius 3 is 2.24 bits per heavy atom. The van der Waals surface area contributed by atoms with Crippen molar-refractivity contribution in [2.45, 2.75) is 90.6 Å². The van der Waals surface area contributed by atoms with Crippen LogP contribution in [0.4, 0.5) is 0 Å². The van der Waals surface area contributed by atoms with E-state index in [0.717, 1.165) is 10.9 Å². The molecule has 0 radical (unpaired) electrons. The monoisotopic (exact) mass is 472 g/mol. The molecule has 0 aliphatic heterocycles. The van der Waals surface area contributed by atoms with Crippen LogP contribution in [0.3, 0.4) is 0 Å². The molecular weight excluding hydrogens is 440 g/mol. The molecule has 1 fully saturated rings. The zero-order valence-corrected chi connectivity index (χ0v) is 20.7. The van der Waals surface area contributed by atoms with Crippen LogP contribution in [0, 0.1) is 12.3 Å². The average molecular weight is 473 g/mol. The first-order chi connectivity index (χ1) is 15.8. The summed E-state index contributed by atoms with van der Waals surface area (Å²) in [6.45, 7) is 11.3. The lowest BCUT2D eigenvalue weighted by Gasteiger charge is -2.65. The molecule has 2 aromatic rings. The SMILES string of the molecule is CC(=O)OC1c2c(cc3occc3c2C)C2(C)C(OC(C)=O)CCC(C)(C)C2(O)C1OC(C)=O. The van der Waals surface area contributed by atoms with Crippen LogP contribution >= 0.6 is 0 Å². The Morgan fingerprint density at radius 1 is 1.03 bits per heavy atom. The Labute approximate surface area is 198 Å². The summed E-state index contributed by atoms with van der Waals surface area (Å²) in [5, 5.41) is 13.5. The summed E-state index contributed by atoms with van der Waals surface area (Å²) in [7, 11) is 0. The maximum Gasteiger partial charge on any atom is 0.303 e. The van der Waals surface area contributed by atoms with Crippen LogP contribution in [0.25, 0.3) is 11.0 Å². The third-order valence-corrected chi connectivity index (χ3v) is 7.99. The number of benzene rings is 1. The number of hydrogen-bond acceptors (Lipinski definition) is 8. The molecule has 8 heteroatoms. The second kappa shape index (κ2) is 7.83. The Bertz CT molecular complexity index is 1180. The number of aliphatic hydroxyl groups is 1. The summed E-state index contributed by atoms with van der Waals surface area (Å²) in [4.78, 5) is 36.7. The maximum atomic E-state index is 12.7. The van der Waals surface area contributed by atoms with Crippen molar-refractivity contribution in [3.8, 4) is 0 Å². The van der Waals surface area contributed by atoms with Gasteiger partial charge in [-0.15, -0.1) is 0 Å². The number of fused-ring (bicyclic) bond motifs is 4. The van der Waals surface area contributed by atoms with Crippen LogP contribution in [0.5, 0.6) is 0 Å². The van der Waals surface area contributed by atoms with E-state index in [1.54, 1.807) is 6.26 Å². The van der Waals surface area contributed by atoms with Crippen molar-refractivity contribution in [1.82, 2.24) is 0 Å². The summed E-state index contributed by atoms with van der Waals surface area (Å²) < 4.78 is 23.1. The van der Waals surface area contributed by atoms with Gasteiger partial charge in [0, 0.05) is 31.7 Å². The van der Waals surface area contributed by atoms with Crippen LogP contribution in [-0.4, -0.2) is 40.8 Å². The number of rotatable bonds is 3. The molecule has 0 spiro atoms. The fourth-order valence-corrected chi connectivity index (χ4v) is 6.45. The van der Waals surface area contributed by atoms with E-state index in [1.165, 1.54) is 20.8 Å². The predicted molar refractivity (Wildman–Crippen MR) is 122 cm³/mol. The topological polar surface area (TPSA) is 112 Å². The van der Waals surface area contributed by atoms with E-state index in [1.807, 2.05) is 39.8 Å². The smallest absolute Gasteiger partial charge is 0.303 e. The van der Waals surface area contributed by atoms with Gasteiger partial charge in [-0.25, -0.2) is 0 Å². The van der Waals surface area contributed by atoms with Gasteiger partial charge in [-0.3, -0.25) is 14.4 Å². The van der Waals surface area contributed by atoms with Gasteiger partial charge in [-0.2, -0.15) is 0 Å². The number of carbonyl (C=O) groups excluding carboxylic acids is 3. The van der Waals surface area contributed by atoms with Crippen molar-refractivity contribution < 1.29 is 38.1 Å². The zero-order valence-electron chi connectivity index (χ0n) is 20.7. The summed E-state index contributed by atoms with van der Waals surface area (Å²) in [6.07, 6.45) is -0.475. The van der Waals surface area contributed by atoms with Gasteiger partial charge in [0.1, 0.15) is 17.3 Å². The van der Waals surface area contributed by atoms with Gasteiger partial charge >= 0.3 is 17.9 Å². The van der Waals surface area contributed by atoms with E-state index in [2.05, 4.69) is 0 Å². The van der Waals surface area contributed by atoms with Crippen LogP contribution in [0.2, 0.25) is 0 Å². The number of ether oxygens (including phenoxy) is 3. The molecule has 8 nitrogen and oxygen atoms in total. The second-order valence-corrected chi connectivity index (χ2v) is 10.3. The highest BCUT2D eigenvalue weighted by atomic mass is 16.6. The quantitative estimate of drug-likeness (QED) is 0.526. The zero-order chi connectivity index (χ0) is 25.2. The summed E-state index contributed by atoms with van der Waals surface area (Å²) in [5.41, 5.74) is -1.14. The van der Waals surface area contributed by atoms with E-state index >= 15 is 0 Å². The van der Waals surface area contributed by atoms with E-state index in [0.29, 0.717) is 29.6 Å². The van der Waals surface area contributed by atoms with Gasteiger partial charge in [0.05, 0.1) is 11.7 Å². The fourth-order valence-electron chi connectivity index (χ4n) is 6.45. The second-order valence-electron chi connectivity index (χ2n) is 10.3. The highest BCUT2D eigenvalue weighted by Crippen LogP contribution is 2.64. The first kappa shape index (κ1) is 24.3. The van der Waals surface area contributed by atoms with E-state index in [9.17, 15) is 19.5 Å². The van der Waals surface area contributed by atoms with Gasteiger partial charge in [0.25, 0.3) is 0 Å². The van der Waals surface area contributed by atoms with Crippen molar-refractivity contribution in [3.05, 3.63) is 35.1 Å². The minimum atomic E-state index is -1.76. The van der Waals surface area contributed by atoms with Crippen LogP contribution in [0.15, 0.2) is 22.8 Å². The lowest BCUT2D eigenvalue weighted by Crippen LogP contribution is -2.76. The molecule has 0 amide bonds. The van der Waals surface area contributed by atoms with E-state index < -0.39 is 52.7 Å². The van der Waals surface area contributed by atoms with Crippen molar-refractivity contribution in [1.29, 1.82) is 0 Å². The molecule has 1 aromatic carbocycles. The number of carbonyl (C=O) groups is 3. The molecule has 1 aromatic heterocycles. The summed E-state index contributed by atoms with van der Waals surface area (Å²) in [6, 6.07) is 3.63. The Hall–Kier alpha value is -2.87. The molecule has 184 valence electrons. The molecule has 1 saturated carbocycles. The molecule has 5 unspecified atom stereocenters. The van der Waals surface area contributed by atoms with Crippen molar-refractivity contribution in [2.75, 3.05) is 0 Å². The molecule has 2 aliphatic carbocycles. The molecule has 1 N–H and O–H groups in total. The Kier molecular flexibility index (Phi) is 5.59. The lowest BCUT2D eigenvalue weighted by atomic mass is 9.44. The molecule has 0 saturated heterocycles. The van der Waals surface area contributed by atoms with Gasteiger partial charge in [0.15, 0.2) is 12.2 Å². The number of aryl methyl sites for hydroxylation is 1. The highest BCUT2D eigenvalue weighted by molar-refractivity contribution is 5.85. The van der Waals surface area contributed by atoms with Crippen molar-refractivity contribution >= 4 is 28.9 Å². The normalized spacial score (nSPS) is 31.8. The van der Waals surface area contributed by atoms with E-state index in [4.69, 9.17) is 18.6 Å².